The van der Waals surface area contributed by atoms with Crippen LogP contribution >= 0.6 is 0 Å². The number of nitrogens with zero attached hydrogens (tertiary/aromatic N) is 1. The van der Waals surface area contributed by atoms with Crippen molar-refractivity contribution in [3.8, 4) is 0 Å². The van der Waals surface area contributed by atoms with E-state index in [-0.39, 0.29) is 24.2 Å². The lowest BCUT2D eigenvalue weighted by Crippen LogP contribution is -2.49. The maximum absolute atomic E-state index is 12.6. The lowest BCUT2D eigenvalue weighted by molar-refractivity contribution is -0.141. The largest absolute Gasteiger partial charge is 0.380 e. The Kier molecular flexibility index (Phi) is 4.53. The molecule has 3 rings (SSSR count). The van der Waals surface area contributed by atoms with Crippen LogP contribution in [0, 0.1) is 0 Å². The predicted molar refractivity (Wildman–Crippen MR) is 78.9 cm³/mol. The third kappa shape index (κ3) is 3.26. The van der Waals surface area contributed by atoms with E-state index in [0.29, 0.717) is 19.7 Å². The van der Waals surface area contributed by atoms with Gasteiger partial charge in [0.2, 0.25) is 5.91 Å². The van der Waals surface area contributed by atoms with Crippen molar-refractivity contribution in [2.24, 2.45) is 0 Å². The Hall–Kier alpha value is -1.43. The Morgan fingerprint density at radius 3 is 2.90 bits per heavy atom. The van der Waals surface area contributed by atoms with Crippen LogP contribution in [0.4, 0.5) is 0 Å². The average Bonchev–Trinajstić information content (AvgIpc) is 3.04. The molecule has 2 aliphatic rings. The molecule has 3 atom stereocenters. The Balaban J connectivity index is 1.62. The van der Waals surface area contributed by atoms with Crippen molar-refractivity contribution in [1.29, 1.82) is 0 Å². The highest BCUT2D eigenvalue weighted by molar-refractivity contribution is 5.82. The molecular weight excluding hydrogens is 268 g/mol. The standard InChI is InChI=1S/C16H22N2O3/c1-20-13-9-14(17-10-13)16(19)18-7-8-21-15(11-18)12-5-3-2-4-6-12/h2-6,13-15,17H,7-11H2,1H3. The molecule has 1 amide bonds. The van der Waals surface area contributed by atoms with Gasteiger partial charge >= 0.3 is 0 Å². The lowest BCUT2D eigenvalue weighted by Gasteiger charge is -2.34. The minimum Gasteiger partial charge on any atom is -0.380 e. The smallest absolute Gasteiger partial charge is 0.239 e. The van der Waals surface area contributed by atoms with Gasteiger partial charge in [0.15, 0.2) is 0 Å². The Bertz CT molecular complexity index is 480. The third-order valence-corrected chi connectivity index (χ3v) is 4.27. The molecule has 2 aliphatic heterocycles. The number of benzene rings is 1. The normalized spacial score (nSPS) is 29.6. The highest BCUT2D eigenvalue weighted by atomic mass is 16.5. The van der Waals surface area contributed by atoms with Crippen molar-refractivity contribution >= 4 is 5.91 Å². The molecule has 3 unspecified atom stereocenters. The summed E-state index contributed by atoms with van der Waals surface area (Å²) in [7, 11) is 1.69. The average molecular weight is 290 g/mol. The third-order valence-electron chi connectivity index (χ3n) is 4.27. The van der Waals surface area contributed by atoms with Crippen LogP contribution < -0.4 is 5.32 Å². The minimum atomic E-state index is -0.121. The van der Waals surface area contributed by atoms with Gasteiger partial charge in [-0.05, 0) is 12.0 Å². The van der Waals surface area contributed by atoms with Crippen molar-refractivity contribution in [2.45, 2.75) is 24.7 Å². The van der Waals surface area contributed by atoms with Gasteiger partial charge in [-0.3, -0.25) is 4.79 Å². The molecule has 0 aliphatic carbocycles. The van der Waals surface area contributed by atoms with Crippen LogP contribution in [0.3, 0.4) is 0 Å². The summed E-state index contributed by atoms with van der Waals surface area (Å²) in [6.45, 7) is 2.63. The summed E-state index contributed by atoms with van der Waals surface area (Å²) in [5, 5.41) is 3.25. The number of amides is 1. The SMILES string of the molecule is COC1CNC(C(=O)N2CCOC(c3ccccc3)C2)C1. The van der Waals surface area contributed by atoms with Gasteiger partial charge in [0.05, 0.1) is 25.3 Å². The monoisotopic (exact) mass is 290 g/mol. The number of carbonyl (C=O) groups is 1. The second-order valence-corrected chi connectivity index (χ2v) is 5.61. The van der Waals surface area contributed by atoms with Crippen molar-refractivity contribution in [1.82, 2.24) is 10.2 Å². The zero-order valence-corrected chi connectivity index (χ0v) is 12.3. The van der Waals surface area contributed by atoms with Gasteiger partial charge in [0, 0.05) is 20.2 Å². The highest BCUT2D eigenvalue weighted by Gasteiger charge is 2.34. The van der Waals surface area contributed by atoms with Crippen molar-refractivity contribution in [3.05, 3.63) is 35.9 Å². The number of rotatable bonds is 3. The first-order valence-corrected chi connectivity index (χ1v) is 7.49. The van der Waals surface area contributed by atoms with E-state index in [0.717, 1.165) is 18.5 Å². The highest BCUT2D eigenvalue weighted by Crippen LogP contribution is 2.23. The first kappa shape index (κ1) is 14.5. The zero-order chi connectivity index (χ0) is 14.7. The molecule has 0 bridgehead atoms. The predicted octanol–water partition coefficient (Wildman–Crippen LogP) is 0.963. The van der Waals surface area contributed by atoms with Gasteiger partial charge in [0.25, 0.3) is 0 Å². The van der Waals surface area contributed by atoms with Gasteiger partial charge in [-0.25, -0.2) is 0 Å². The van der Waals surface area contributed by atoms with E-state index < -0.39 is 0 Å². The lowest BCUT2D eigenvalue weighted by atomic mass is 10.1. The fourth-order valence-electron chi connectivity index (χ4n) is 3.01. The summed E-state index contributed by atoms with van der Waals surface area (Å²) in [6, 6.07) is 9.97. The van der Waals surface area contributed by atoms with Crippen LogP contribution in [0.5, 0.6) is 0 Å². The summed E-state index contributed by atoms with van der Waals surface area (Å²) in [6.07, 6.45) is 0.872. The van der Waals surface area contributed by atoms with Gasteiger partial charge in [-0.2, -0.15) is 0 Å². The number of morpholine rings is 1. The molecule has 0 aromatic heterocycles. The number of hydrogen-bond acceptors (Lipinski definition) is 4. The maximum atomic E-state index is 12.6. The molecule has 114 valence electrons. The summed E-state index contributed by atoms with van der Waals surface area (Å²) in [5.74, 6) is 0.166. The first-order valence-electron chi connectivity index (χ1n) is 7.49. The van der Waals surface area contributed by atoms with Crippen LogP contribution in [0.2, 0.25) is 0 Å². The number of hydrogen-bond donors (Lipinski definition) is 1. The molecule has 0 radical (unpaired) electrons. The molecule has 1 aromatic carbocycles. The topological polar surface area (TPSA) is 50.8 Å². The van der Waals surface area contributed by atoms with Gasteiger partial charge < -0.3 is 19.7 Å². The number of methoxy groups -OCH3 is 1. The van der Waals surface area contributed by atoms with Crippen LogP contribution in [0.15, 0.2) is 30.3 Å². The fourth-order valence-corrected chi connectivity index (χ4v) is 3.01. The molecule has 5 heteroatoms. The van der Waals surface area contributed by atoms with Crippen LogP contribution in [0.25, 0.3) is 0 Å². The summed E-state index contributed by atoms with van der Waals surface area (Å²) in [4.78, 5) is 14.5. The molecule has 5 nitrogen and oxygen atoms in total. The number of ether oxygens (including phenoxy) is 2. The quantitative estimate of drug-likeness (QED) is 0.901. The van der Waals surface area contributed by atoms with E-state index in [2.05, 4.69) is 5.32 Å². The zero-order valence-electron chi connectivity index (χ0n) is 12.3. The van der Waals surface area contributed by atoms with E-state index in [1.54, 1.807) is 7.11 Å². The molecule has 2 fully saturated rings. The summed E-state index contributed by atoms with van der Waals surface area (Å²) < 4.78 is 11.1. The van der Waals surface area contributed by atoms with Crippen molar-refractivity contribution in [2.75, 3.05) is 33.4 Å². The first-order chi connectivity index (χ1) is 10.3. The Morgan fingerprint density at radius 1 is 1.38 bits per heavy atom. The van der Waals surface area contributed by atoms with Gasteiger partial charge in [0.1, 0.15) is 6.10 Å². The molecule has 0 spiro atoms. The van der Waals surface area contributed by atoms with Crippen LogP contribution in [-0.2, 0) is 14.3 Å². The van der Waals surface area contributed by atoms with Crippen molar-refractivity contribution in [3.63, 3.8) is 0 Å². The van der Waals surface area contributed by atoms with E-state index in [9.17, 15) is 4.79 Å². The van der Waals surface area contributed by atoms with Crippen molar-refractivity contribution < 1.29 is 14.3 Å². The Morgan fingerprint density at radius 2 is 2.19 bits per heavy atom. The molecule has 1 N–H and O–H groups in total. The number of nitrogens with one attached hydrogen (secondary N) is 1. The van der Waals surface area contributed by atoms with Gasteiger partial charge in [-0.1, -0.05) is 30.3 Å². The van der Waals surface area contributed by atoms with Crippen LogP contribution in [0.1, 0.15) is 18.1 Å². The molecule has 21 heavy (non-hydrogen) atoms. The molecule has 0 saturated carbocycles. The molecule has 2 heterocycles. The number of carbonyl (C=O) groups excluding carboxylic acids is 1. The second-order valence-electron chi connectivity index (χ2n) is 5.61. The second kappa shape index (κ2) is 6.56. The van der Waals surface area contributed by atoms with Crippen LogP contribution in [-0.4, -0.2) is 56.3 Å². The molecular formula is C16H22N2O3. The van der Waals surface area contributed by atoms with E-state index in [1.807, 2.05) is 35.2 Å². The van der Waals surface area contributed by atoms with E-state index in [1.165, 1.54) is 0 Å². The fraction of sp³-hybridized carbons (Fsp3) is 0.562. The van der Waals surface area contributed by atoms with Gasteiger partial charge in [-0.15, -0.1) is 0 Å². The molecule has 2 saturated heterocycles. The Labute approximate surface area is 125 Å². The maximum Gasteiger partial charge on any atom is 0.239 e. The molecule has 1 aromatic rings. The van der Waals surface area contributed by atoms with E-state index in [4.69, 9.17) is 9.47 Å². The van der Waals surface area contributed by atoms with E-state index >= 15 is 0 Å². The summed E-state index contributed by atoms with van der Waals surface area (Å²) in [5.41, 5.74) is 1.13. The minimum absolute atomic E-state index is 0.0245. The summed E-state index contributed by atoms with van der Waals surface area (Å²) >= 11 is 0.